The van der Waals surface area contributed by atoms with Gasteiger partial charge in [0.15, 0.2) is 18.1 Å². The van der Waals surface area contributed by atoms with Gasteiger partial charge >= 0.3 is 0 Å². The van der Waals surface area contributed by atoms with Crippen LogP contribution < -0.4 is 14.8 Å². The van der Waals surface area contributed by atoms with Crippen molar-refractivity contribution >= 4 is 63.0 Å². The number of carbonyl (C=O) groups excluding carboxylic acids is 3. The fraction of sp³-hybridized carbons (Fsp3) is 0.129. The number of benzene rings is 4. The van der Waals surface area contributed by atoms with E-state index in [9.17, 15) is 14.4 Å². The number of carbonyl (C=O) groups is 3. The van der Waals surface area contributed by atoms with E-state index in [4.69, 9.17) is 21.1 Å². The average molecular weight is 573 g/mol. The van der Waals surface area contributed by atoms with Gasteiger partial charge in [-0.25, -0.2) is 0 Å². The first kappa shape index (κ1) is 27.3. The van der Waals surface area contributed by atoms with Gasteiger partial charge in [-0.15, -0.1) is 0 Å². The second kappa shape index (κ2) is 12.3. The third-order valence-electron chi connectivity index (χ3n) is 6.15. The first-order valence-electron chi connectivity index (χ1n) is 12.6. The summed E-state index contributed by atoms with van der Waals surface area (Å²) in [5.41, 5.74) is 2.06. The number of hydrogen-bond acceptors (Lipinski definition) is 6. The molecule has 0 saturated carbocycles. The maximum absolute atomic E-state index is 13.2. The zero-order chi connectivity index (χ0) is 28.1. The summed E-state index contributed by atoms with van der Waals surface area (Å²) in [6.07, 6.45) is 1.66. The molecular weight excluding hydrogens is 548 g/mol. The van der Waals surface area contributed by atoms with E-state index >= 15 is 0 Å². The highest BCUT2D eigenvalue weighted by Crippen LogP contribution is 2.36. The normalized spacial score (nSPS) is 14.2. The number of amides is 3. The van der Waals surface area contributed by atoms with Crippen molar-refractivity contribution in [2.24, 2.45) is 0 Å². The highest BCUT2D eigenvalue weighted by atomic mass is 35.5. The van der Waals surface area contributed by atoms with E-state index in [-0.39, 0.29) is 30.2 Å². The largest absolute Gasteiger partial charge is 0.490 e. The molecule has 40 heavy (non-hydrogen) atoms. The predicted molar refractivity (Wildman–Crippen MR) is 159 cm³/mol. The maximum Gasteiger partial charge on any atom is 0.293 e. The number of ether oxygens (including phenoxy) is 2. The molecule has 0 bridgehead atoms. The molecule has 1 aliphatic heterocycles. The quantitative estimate of drug-likeness (QED) is 0.214. The van der Waals surface area contributed by atoms with E-state index in [1.165, 1.54) is 4.90 Å². The molecule has 0 spiro atoms. The Morgan fingerprint density at radius 2 is 1.73 bits per heavy atom. The molecule has 202 valence electrons. The Hall–Kier alpha value is -4.27. The molecule has 4 aromatic carbocycles. The van der Waals surface area contributed by atoms with E-state index in [2.05, 4.69) is 5.32 Å². The van der Waals surface area contributed by atoms with Crippen LogP contribution in [0.3, 0.4) is 0 Å². The molecule has 0 aromatic heterocycles. The lowest BCUT2D eigenvalue weighted by Crippen LogP contribution is -2.27. The SMILES string of the molecule is CCOc1cc(/C=C2\SC(=O)N(Cc3cccc4ccccc34)C2=O)ccc1OCC(=O)Nc1ccccc1Cl. The Morgan fingerprint density at radius 3 is 2.55 bits per heavy atom. The number of nitrogens with zero attached hydrogens (tertiary/aromatic N) is 1. The van der Waals surface area contributed by atoms with E-state index in [0.717, 1.165) is 28.1 Å². The molecule has 1 fully saturated rings. The molecule has 0 radical (unpaired) electrons. The van der Waals surface area contributed by atoms with Crippen molar-refractivity contribution in [3.63, 3.8) is 0 Å². The minimum Gasteiger partial charge on any atom is -0.490 e. The molecule has 5 rings (SSSR count). The molecule has 1 heterocycles. The van der Waals surface area contributed by atoms with Crippen LogP contribution in [0.5, 0.6) is 11.5 Å². The van der Waals surface area contributed by atoms with Gasteiger partial charge in [-0.2, -0.15) is 0 Å². The fourth-order valence-electron chi connectivity index (χ4n) is 4.28. The highest BCUT2D eigenvalue weighted by molar-refractivity contribution is 8.18. The van der Waals surface area contributed by atoms with E-state index in [1.54, 1.807) is 48.5 Å². The van der Waals surface area contributed by atoms with Crippen molar-refractivity contribution in [3.05, 3.63) is 106 Å². The van der Waals surface area contributed by atoms with E-state index in [1.807, 2.05) is 49.4 Å². The lowest BCUT2D eigenvalue weighted by atomic mass is 10.0. The second-order valence-corrected chi connectivity index (χ2v) is 10.3. The van der Waals surface area contributed by atoms with Gasteiger partial charge in [0.25, 0.3) is 17.1 Å². The fourth-order valence-corrected chi connectivity index (χ4v) is 5.30. The Balaban J connectivity index is 1.29. The lowest BCUT2D eigenvalue weighted by molar-refractivity contribution is -0.123. The van der Waals surface area contributed by atoms with Crippen molar-refractivity contribution in [3.8, 4) is 11.5 Å². The van der Waals surface area contributed by atoms with Crippen LogP contribution in [0, 0.1) is 0 Å². The molecule has 3 amide bonds. The van der Waals surface area contributed by atoms with Crippen LogP contribution in [0.15, 0.2) is 89.8 Å². The molecule has 7 nitrogen and oxygen atoms in total. The van der Waals surface area contributed by atoms with Crippen LogP contribution in [-0.2, 0) is 16.1 Å². The number of anilines is 1. The molecule has 1 N–H and O–H groups in total. The van der Waals surface area contributed by atoms with Crippen molar-refractivity contribution in [2.75, 3.05) is 18.5 Å². The van der Waals surface area contributed by atoms with Crippen LogP contribution in [0.2, 0.25) is 5.02 Å². The van der Waals surface area contributed by atoms with Crippen LogP contribution in [0.4, 0.5) is 10.5 Å². The smallest absolute Gasteiger partial charge is 0.293 e. The van der Waals surface area contributed by atoms with Gasteiger partial charge in [0.05, 0.1) is 28.8 Å². The molecule has 1 saturated heterocycles. The summed E-state index contributed by atoms with van der Waals surface area (Å²) in [4.78, 5) is 39.9. The Morgan fingerprint density at radius 1 is 0.950 bits per heavy atom. The summed E-state index contributed by atoms with van der Waals surface area (Å²) in [6.45, 7) is 2.14. The van der Waals surface area contributed by atoms with Gasteiger partial charge in [0.1, 0.15) is 0 Å². The van der Waals surface area contributed by atoms with Gasteiger partial charge in [0, 0.05) is 0 Å². The van der Waals surface area contributed by atoms with Gasteiger partial charge in [-0.1, -0.05) is 72.3 Å². The minimum absolute atomic E-state index is 0.191. The van der Waals surface area contributed by atoms with Gasteiger partial charge in [0.2, 0.25) is 0 Å². The zero-order valence-corrected chi connectivity index (χ0v) is 23.1. The standard InChI is InChI=1S/C31H25ClN2O5S/c1-2-38-27-16-20(14-15-26(27)39-19-29(35)33-25-13-6-5-12-24(25)32)17-28-30(36)34(31(37)40-28)18-22-10-7-9-21-8-3-4-11-23(21)22/h3-17H,2,18-19H2,1H3,(H,33,35)/b28-17-. The molecule has 1 aliphatic rings. The lowest BCUT2D eigenvalue weighted by Gasteiger charge is -2.14. The molecule has 4 aromatic rings. The summed E-state index contributed by atoms with van der Waals surface area (Å²) < 4.78 is 11.4. The van der Waals surface area contributed by atoms with Crippen molar-refractivity contribution in [2.45, 2.75) is 13.5 Å². The summed E-state index contributed by atoms with van der Waals surface area (Å²) in [6, 6.07) is 25.8. The number of halogens is 1. The molecule has 0 aliphatic carbocycles. The number of hydrogen-bond donors (Lipinski definition) is 1. The first-order valence-corrected chi connectivity index (χ1v) is 13.8. The van der Waals surface area contributed by atoms with Crippen molar-refractivity contribution < 1.29 is 23.9 Å². The van der Waals surface area contributed by atoms with Gasteiger partial charge < -0.3 is 14.8 Å². The minimum atomic E-state index is -0.375. The number of imide groups is 1. The van der Waals surface area contributed by atoms with Gasteiger partial charge in [-0.3, -0.25) is 19.3 Å². The Labute approximate surface area is 240 Å². The number of rotatable bonds is 9. The third-order valence-corrected chi connectivity index (χ3v) is 7.39. The Bertz CT molecular complexity index is 1630. The maximum atomic E-state index is 13.2. The average Bonchev–Trinajstić information content (AvgIpc) is 3.21. The highest BCUT2D eigenvalue weighted by Gasteiger charge is 2.35. The van der Waals surface area contributed by atoms with Crippen molar-refractivity contribution in [1.29, 1.82) is 0 Å². The summed E-state index contributed by atoms with van der Waals surface area (Å²) in [5, 5.41) is 4.87. The summed E-state index contributed by atoms with van der Waals surface area (Å²) in [5.74, 6) is 0.0612. The first-order chi connectivity index (χ1) is 19.4. The van der Waals surface area contributed by atoms with Crippen molar-refractivity contribution in [1.82, 2.24) is 4.90 Å². The molecular formula is C31H25ClN2O5S. The number of fused-ring (bicyclic) bond motifs is 1. The molecule has 0 atom stereocenters. The van der Waals surface area contributed by atoms with Gasteiger partial charge in [-0.05, 0) is 70.9 Å². The van der Waals surface area contributed by atoms with E-state index in [0.29, 0.717) is 39.3 Å². The monoisotopic (exact) mass is 572 g/mol. The van der Waals surface area contributed by atoms with Crippen LogP contribution in [-0.4, -0.2) is 35.2 Å². The Kier molecular flexibility index (Phi) is 8.38. The van der Waals surface area contributed by atoms with Crippen LogP contribution >= 0.6 is 23.4 Å². The zero-order valence-electron chi connectivity index (χ0n) is 21.6. The number of para-hydroxylation sites is 1. The molecule has 9 heteroatoms. The molecule has 0 unspecified atom stereocenters. The van der Waals surface area contributed by atoms with E-state index < -0.39 is 0 Å². The predicted octanol–water partition coefficient (Wildman–Crippen LogP) is 7.15. The number of nitrogens with one attached hydrogen (secondary N) is 1. The number of thioether (sulfide) groups is 1. The summed E-state index contributed by atoms with van der Waals surface area (Å²) in [7, 11) is 0. The third kappa shape index (κ3) is 6.14. The van der Waals surface area contributed by atoms with Crippen LogP contribution in [0.1, 0.15) is 18.1 Å². The topological polar surface area (TPSA) is 84.9 Å². The van der Waals surface area contributed by atoms with Crippen LogP contribution in [0.25, 0.3) is 16.8 Å². The summed E-state index contributed by atoms with van der Waals surface area (Å²) >= 11 is 7.00. The second-order valence-electron chi connectivity index (χ2n) is 8.86.